The number of halogens is 2. The second-order valence-electron chi connectivity index (χ2n) is 5.18. The van der Waals surface area contributed by atoms with Crippen molar-refractivity contribution in [3.8, 4) is 0 Å². The molecule has 0 saturated heterocycles. The van der Waals surface area contributed by atoms with Gasteiger partial charge < -0.3 is 4.57 Å². The van der Waals surface area contributed by atoms with Gasteiger partial charge in [-0.05, 0) is 35.4 Å². The molecule has 0 radical (unpaired) electrons. The molecule has 0 aliphatic heterocycles. The number of aromatic nitrogens is 3. The highest BCUT2D eigenvalue weighted by Crippen LogP contribution is 2.23. The van der Waals surface area contributed by atoms with Gasteiger partial charge in [-0.3, -0.25) is 0 Å². The van der Waals surface area contributed by atoms with Crippen molar-refractivity contribution in [1.82, 2.24) is 14.8 Å². The van der Waals surface area contributed by atoms with Crippen molar-refractivity contribution in [1.29, 1.82) is 0 Å². The fraction of sp³-hybridized carbons (Fsp3) is 0.176. The molecule has 2 aromatic carbocycles. The molecule has 0 spiro atoms. The molecular formula is C17H15BrClN3S. The molecule has 3 aromatic rings. The van der Waals surface area contributed by atoms with Gasteiger partial charge in [-0.2, -0.15) is 0 Å². The summed E-state index contributed by atoms with van der Waals surface area (Å²) >= 11 is 11.1. The zero-order valence-electron chi connectivity index (χ0n) is 12.5. The Bertz CT molecular complexity index is 802. The molecule has 118 valence electrons. The van der Waals surface area contributed by atoms with E-state index in [2.05, 4.69) is 42.8 Å². The first-order chi connectivity index (χ1) is 11.1. The summed E-state index contributed by atoms with van der Waals surface area (Å²) in [6.45, 7) is 0. The zero-order valence-corrected chi connectivity index (χ0v) is 15.7. The smallest absolute Gasteiger partial charge is 0.191 e. The lowest BCUT2D eigenvalue weighted by Gasteiger charge is -2.05. The van der Waals surface area contributed by atoms with Crippen LogP contribution in [0, 0.1) is 0 Å². The predicted octanol–water partition coefficient (Wildman–Crippen LogP) is 5.11. The summed E-state index contributed by atoms with van der Waals surface area (Å²) in [5.74, 6) is 1.82. The monoisotopic (exact) mass is 407 g/mol. The highest BCUT2D eigenvalue weighted by atomic mass is 79.9. The summed E-state index contributed by atoms with van der Waals surface area (Å²) in [6.07, 6.45) is 0.748. The topological polar surface area (TPSA) is 30.7 Å². The van der Waals surface area contributed by atoms with Gasteiger partial charge >= 0.3 is 0 Å². The van der Waals surface area contributed by atoms with Gasteiger partial charge in [-0.15, -0.1) is 10.2 Å². The first-order valence-electron chi connectivity index (χ1n) is 7.12. The average molecular weight is 409 g/mol. The Morgan fingerprint density at radius 3 is 2.61 bits per heavy atom. The van der Waals surface area contributed by atoms with Crippen LogP contribution >= 0.6 is 39.3 Å². The van der Waals surface area contributed by atoms with Gasteiger partial charge in [0.05, 0.1) is 0 Å². The number of benzene rings is 2. The lowest BCUT2D eigenvalue weighted by molar-refractivity contribution is 0.749. The van der Waals surface area contributed by atoms with Crippen molar-refractivity contribution in [2.24, 2.45) is 7.05 Å². The average Bonchev–Trinajstić information content (AvgIpc) is 2.88. The van der Waals surface area contributed by atoms with Crippen LogP contribution in [0.3, 0.4) is 0 Å². The second kappa shape index (κ2) is 7.51. The molecule has 0 saturated carbocycles. The van der Waals surface area contributed by atoms with Crippen LogP contribution in [0.1, 0.15) is 17.0 Å². The largest absolute Gasteiger partial charge is 0.309 e. The van der Waals surface area contributed by atoms with E-state index in [4.69, 9.17) is 11.6 Å². The second-order valence-corrected chi connectivity index (χ2v) is 7.47. The molecule has 1 heterocycles. The highest BCUT2D eigenvalue weighted by molar-refractivity contribution is 9.10. The molecule has 0 unspecified atom stereocenters. The molecule has 0 aliphatic rings. The number of rotatable bonds is 5. The number of hydrogen-bond donors (Lipinski definition) is 0. The standard InChI is InChI=1S/C17H15BrClN3S/c1-22-16(10-12-5-7-15(19)8-6-12)20-21-17(22)23-11-13-3-2-4-14(18)9-13/h2-9H,10-11H2,1H3. The maximum absolute atomic E-state index is 5.92. The molecule has 23 heavy (non-hydrogen) atoms. The lowest BCUT2D eigenvalue weighted by Crippen LogP contribution is -2.00. The van der Waals surface area contributed by atoms with Crippen LogP contribution in [0.15, 0.2) is 58.2 Å². The Labute approximate surface area is 153 Å². The van der Waals surface area contributed by atoms with Crippen molar-refractivity contribution in [2.45, 2.75) is 17.3 Å². The molecule has 3 rings (SSSR count). The summed E-state index contributed by atoms with van der Waals surface area (Å²) in [5.41, 5.74) is 2.43. The van der Waals surface area contributed by atoms with E-state index in [9.17, 15) is 0 Å². The van der Waals surface area contributed by atoms with Crippen LogP contribution in [0.25, 0.3) is 0 Å². The van der Waals surface area contributed by atoms with Gasteiger partial charge in [0.1, 0.15) is 5.82 Å². The fourth-order valence-electron chi connectivity index (χ4n) is 2.18. The summed E-state index contributed by atoms with van der Waals surface area (Å²) in [4.78, 5) is 0. The minimum Gasteiger partial charge on any atom is -0.309 e. The Morgan fingerprint density at radius 1 is 1.09 bits per heavy atom. The first-order valence-corrected chi connectivity index (χ1v) is 9.27. The van der Waals surface area contributed by atoms with Crippen LogP contribution in [-0.2, 0) is 19.2 Å². The molecule has 3 nitrogen and oxygen atoms in total. The molecule has 0 atom stereocenters. The minimum atomic E-state index is 0.747. The van der Waals surface area contributed by atoms with Crippen LogP contribution < -0.4 is 0 Å². The molecule has 0 aliphatic carbocycles. The van der Waals surface area contributed by atoms with Gasteiger partial charge in [-0.1, -0.05) is 63.6 Å². The van der Waals surface area contributed by atoms with E-state index in [1.165, 1.54) is 11.1 Å². The molecule has 0 amide bonds. The van der Waals surface area contributed by atoms with E-state index < -0.39 is 0 Å². The maximum atomic E-state index is 5.92. The van der Waals surface area contributed by atoms with Crippen molar-refractivity contribution in [3.05, 3.63) is 75.0 Å². The molecule has 6 heteroatoms. The first kappa shape index (κ1) is 16.6. The van der Waals surface area contributed by atoms with Crippen molar-refractivity contribution in [3.63, 3.8) is 0 Å². The summed E-state index contributed by atoms with van der Waals surface area (Å²) < 4.78 is 3.15. The zero-order chi connectivity index (χ0) is 16.2. The fourth-order valence-corrected chi connectivity index (χ4v) is 3.63. The molecule has 0 bridgehead atoms. The third kappa shape index (κ3) is 4.37. The van der Waals surface area contributed by atoms with E-state index in [1.54, 1.807) is 11.8 Å². The van der Waals surface area contributed by atoms with Crippen LogP contribution in [0.2, 0.25) is 5.02 Å². The minimum absolute atomic E-state index is 0.747. The Kier molecular flexibility index (Phi) is 5.41. The van der Waals surface area contributed by atoms with Gasteiger partial charge in [0.25, 0.3) is 0 Å². The van der Waals surface area contributed by atoms with Crippen molar-refractivity contribution >= 4 is 39.3 Å². The normalized spacial score (nSPS) is 10.9. The summed E-state index contributed by atoms with van der Waals surface area (Å²) in [6, 6.07) is 16.1. The third-order valence-electron chi connectivity index (χ3n) is 3.46. The molecule has 0 N–H and O–H groups in total. The highest BCUT2D eigenvalue weighted by Gasteiger charge is 2.10. The van der Waals surface area contributed by atoms with E-state index in [0.717, 1.165) is 32.6 Å². The van der Waals surface area contributed by atoms with Crippen molar-refractivity contribution < 1.29 is 0 Å². The van der Waals surface area contributed by atoms with Crippen LogP contribution in [0.5, 0.6) is 0 Å². The molecular weight excluding hydrogens is 394 g/mol. The Balaban J connectivity index is 1.68. The third-order valence-corrected chi connectivity index (χ3v) is 5.29. The Morgan fingerprint density at radius 2 is 1.87 bits per heavy atom. The van der Waals surface area contributed by atoms with Crippen LogP contribution in [-0.4, -0.2) is 14.8 Å². The number of hydrogen-bond acceptors (Lipinski definition) is 3. The lowest BCUT2D eigenvalue weighted by atomic mass is 10.1. The number of thioether (sulfide) groups is 1. The number of nitrogens with zero attached hydrogens (tertiary/aromatic N) is 3. The molecule has 1 aromatic heterocycles. The van der Waals surface area contributed by atoms with Gasteiger partial charge in [-0.25, -0.2) is 0 Å². The quantitative estimate of drug-likeness (QED) is 0.549. The SMILES string of the molecule is Cn1c(Cc2ccc(Cl)cc2)nnc1SCc1cccc(Br)c1. The summed E-state index contributed by atoms with van der Waals surface area (Å²) in [5, 5.41) is 10.3. The van der Waals surface area contributed by atoms with E-state index in [0.29, 0.717) is 0 Å². The molecule has 0 fully saturated rings. The summed E-state index contributed by atoms with van der Waals surface area (Å²) in [7, 11) is 2.01. The van der Waals surface area contributed by atoms with Crippen molar-refractivity contribution in [2.75, 3.05) is 0 Å². The van der Waals surface area contributed by atoms with Crippen LogP contribution in [0.4, 0.5) is 0 Å². The Hall–Kier alpha value is -1.30. The maximum Gasteiger partial charge on any atom is 0.191 e. The van der Waals surface area contributed by atoms with Gasteiger partial charge in [0.2, 0.25) is 0 Å². The van der Waals surface area contributed by atoms with Gasteiger partial charge in [0, 0.05) is 28.7 Å². The van der Waals surface area contributed by atoms with E-state index in [1.807, 2.05) is 43.4 Å². The van der Waals surface area contributed by atoms with E-state index >= 15 is 0 Å². The van der Waals surface area contributed by atoms with Gasteiger partial charge in [0.15, 0.2) is 5.16 Å². The van der Waals surface area contributed by atoms with E-state index in [-0.39, 0.29) is 0 Å². The predicted molar refractivity (Wildman–Crippen MR) is 99.0 cm³/mol.